The lowest BCUT2D eigenvalue weighted by molar-refractivity contribution is 0.0440. The predicted molar refractivity (Wildman–Crippen MR) is 273 cm³/mol. The fourth-order valence-electron chi connectivity index (χ4n) is 9.64. The van der Waals surface area contributed by atoms with Gasteiger partial charge in [0.05, 0.1) is 11.0 Å². The van der Waals surface area contributed by atoms with Gasteiger partial charge in [0.1, 0.15) is 38.7 Å². The van der Waals surface area contributed by atoms with E-state index in [2.05, 4.69) is 171 Å². The quantitative estimate of drug-likeness (QED) is 0.0255. The fraction of sp³-hybridized carbons (Fsp3) is 0.519. The standard InChI is InChI=1S/C54H78N6O2Si2/c1-7-9-11-13-15-17-19-31-43-53(61-47-35-23-21-24-36-47,59-51-41-29-27-39-49(51)55-57-59)63(3,4)45-33-34-46-64(5,6)54(62-48-37-25-22-26-38-48,44-32-20-18-16-14-12-10-8-2)60-52-42-30-28-40-50(52)56-58-60/h21-30,33-42H,7-20,31-32,43-46H2,1-6H3/b34-33+. The van der Waals surface area contributed by atoms with Crippen LogP contribution in [0.4, 0.5) is 0 Å². The summed E-state index contributed by atoms with van der Waals surface area (Å²) in [4.78, 5) is 0. The van der Waals surface area contributed by atoms with E-state index in [0.717, 1.165) is 71.3 Å². The van der Waals surface area contributed by atoms with Crippen LogP contribution in [-0.2, 0) is 10.7 Å². The van der Waals surface area contributed by atoms with Crippen molar-refractivity contribution < 1.29 is 9.47 Å². The second kappa shape index (κ2) is 24.1. The molecule has 2 heterocycles. The third-order valence-corrected chi connectivity index (χ3v) is 21.6. The summed E-state index contributed by atoms with van der Waals surface area (Å²) < 4.78 is 19.2. The Morgan fingerprint density at radius 3 is 1.14 bits per heavy atom. The molecule has 2 atom stereocenters. The average molecular weight is 899 g/mol. The van der Waals surface area contributed by atoms with Gasteiger partial charge in [-0.1, -0.05) is 213 Å². The first kappa shape index (κ1) is 48.9. The molecule has 0 fully saturated rings. The molecule has 0 amide bonds. The zero-order valence-electron chi connectivity index (χ0n) is 40.2. The number of nitrogens with zero attached hydrogens (tertiary/aromatic N) is 6. The zero-order chi connectivity index (χ0) is 45.1. The van der Waals surface area contributed by atoms with E-state index in [1.807, 2.05) is 0 Å². The Hall–Kier alpha value is -4.55. The normalized spacial score (nSPS) is 14.3. The third kappa shape index (κ3) is 12.2. The smallest absolute Gasteiger partial charge is 0.185 e. The number of ether oxygens (including phenoxy) is 2. The number of para-hydroxylation sites is 4. The first-order chi connectivity index (χ1) is 31.2. The van der Waals surface area contributed by atoms with Gasteiger partial charge in [0.2, 0.25) is 0 Å². The van der Waals surface area contributed by atoms with Crippen molar-refractivity contribution in [1.29, 1.82) is 0 Å². The summed E-state index contributed by atoms with van der Waals surface area (Å²) in [7, 11) is -4.80. The molecule has 0 aliphatic carbocycles. The highest BCUT2D eigenvalue weighted by atomic mass is 28.3. The number of rotatable bonds is 30. The molecule has 0 radical (unpaired) electrons. The third-order valence-electron chi connectivity index (χ3n) is 13.7. The molecule has 0 aliphatic rings. The summed E-state index contributed by atoms with van der Waals surface area (Å²) in [5.41, 5.74) is 3.86. The first-order valence-electron chi connectivity index (χ1n) is 24.9. The molecule has 8 nitrogen and oxygen atoms in total. The second-order valence-electron chi connectivity index (χ2n) is 19.5. The summed E-state index contributed by atoms with van der Waals surface area (Å²) in [6.45, 7) is 14.6. The highest BCUT2D eigenvalue weighted by Gasteiger charge is 2.53. The molecule has 0 saturated heterocycles. The topological polar surface area (TPSA) is 79.9 Å². The molecule has 0 bridgehead atoms. The molecule has 0 spiro atoms. The zero-order valence-corrected chi connectivity index (χ0v) is 42.2. The molecule has 0 aliphatic heterocycles. The van der Waals surface area contributed by atoms with Crippen LogP contribution in [0.2, 0.25) is 38.3 Å². The molecule has 64 heavy (non-hydrogen) atoms. The van der Waals surface area contributed by atoms with E-state index in [0.29, 0.717) is 0 Å². The number of benzene rings is 4. The Kier molecular flexibility index (Phi) is 18.4. The van der Waals surface area contributed by atoms with Crippen molar-refractivity contribution in [2.75, 3.05) is 0 Å². The molecule has 6 aromatic rings. The Bertz CT molecular complexity index is 2120. The van der Waals surface area contributed by atoms with Crippen LogP contribution in [0, 0.1) is 0 Å². The van der Waals surface area contributed by atoms with E-state index in [4.69, 9.17) is 30.1 Å². The maximum Gasteiger partial charge on any atom is 0.185 e. The molecule has 344 valence electrons. The largest absolute Gasteiger partial charge is 0.470 e. The molecular formula is C54H78N6O2Si2. The number of hydrogen-bond acceptors (Lipinski definition) is 6. The van der Waals surface area contributed by atoms with Gasteiger partial charge in [0.15, 0.2) is 10.7 Å². The minimum Gasteiger partial charge on any atom is -0.470 e. The summed E-state index contributed by atoms with van der Waals surface area (Å²) in [5, 5.41) is 18.0. The molecule has 2 unspecified atom stereocenters. The molecule has 0 saturated carbocycles. The van der Waals surface area contributed by atoms with Gasteiger partial charge in [-0.15, -0.1) is 10.2 Å². The molecule has 2 aromatic heterocycles. The molecule has 0 N–H and O–H groups in total. The van der Waals surface area contributed by atoms with Gasteiger partial charge in [-0.2, -0.15) is 0 Å². The lowest BCUT2D eigenvalue weighted by atomic mass is 10.1. The minimum absolute atomic E-state index is 0.666. The van der Waals surface area contributed by atoms with Gasteiger partial charge in [-0.3, -0.25) is 0 Å². The van der Waals surface area contributed by atoms with Gasteiger partial charge in [0.25, 0.3) is 0 Å². The van der Waals surface area contributed by atoms with Crippen LogP contribution >= 0.6 is 0 Å². The van der Waals surface area contributed by atoms with Gasteiger partial charge in [0, 0.05) is 12.8 Å². The molecular weight excluding hydrogens is 821 g/mol. The number of hydrogen-bond donors (Lipinski definition) is 0. The minimum atomic E-state index is -2.40. The van der Waals surface area contributed by atoms with Crippen molar-refractivity contribution in [2.45, 2.75) is 178 Å². The van der Waals surface area contributed by atoms with E-state index in [9.17, 15) is 0 Å². The summed E-state index contributed by atoms with van der Waals surface area (Å²) in [6, 6.07) is 39.4. The summed E-state index contributed by atoms with van der Waals surface area (Å²) in [6.07, 6.45) is 26.8. The van der Waals surface area contributed by atoms with E-state index in [-0.39, 0.29) is 0 Å². The highest BCUT2D eigenvalue weighted by Crippen LogP contribution is 2.43. The average Bonchev–Trinajstić information content (AvgIpc) is 3.95. The van der Waals surface area contributed by atoms with Gasteiger partial charge < -0.3 is 9.47 Å². The number of unbranched alkanes of at least 4 members (excludes halogenated alkanes) is 14. The van der Waals surface area contributed by atoms with Crippen LogP contribution in [0.3, 0.4) is 0 Å². The van der Waals surface area contributed by atoms with E-state index in [1.165, 1.54) is 89.9 Å². The Morgan fingerprint density at radius 2 is 0.766 bits per heavy atom. The van der Waals surface area contributed by atoms with Crippen molar-refractivity contribution in [3.8, 4) is 11.5 Å². The van der Waals surface area contributed by atoms with Crippen molar-refractivity contribution in [3.05, 3.63) is 121 Å². The van der Waals surface area contributed by atoms with Crippen molar-refractivity contribution in [3.63, 3.8) is 0 Å². The first-order valence-corrected chi connectivity index (χ1v) is 31.3. The van der Waals surface area contributed by atoms with E-state index < -0.39 is 26.8 Å². The lowest BCUT2D eigenvalue weighted by Crippen LogP contribution is -2.60. The summed E-state index contributed by atoms with van der Waals surface area (Å²) in [5.74, 6) is 1.76. The van der Waals surface area contributed by atoms with Crippen LogP contribution in [-0.4, -0.2) is 46.1 Å². The lowest BCUT2D eigenvalue weighted by Gasteiger charge is -2.46. The van der Waals surface area contributed by atoms with Crippen LogP contribution in [0.15, 0.2) is 121 Å². The van der Waals surface area contributed by atoms with E-state index in [1.54, 1.807) is 0 Å². The number of allylic oxidation sites excluding steroid dienone is 2. The van der Waals surface area contributed by atoms with Crippen molar-refractivity contribution in [1.82, 2.24) is 30.0 Å². The van der Waals surface area contributed by atoms with Crippen LogP contribution in [0.25, 0.3) is 22.1 Å². The molecule has 10 heteroatoms. The SMILES string of the molecule is CCCCCCCCCCC(Oc1ccccc1)(n1nnc2ccccc21)[Si](C)(C)C/C=C/C[Si](C)(C)C(CCCCCCCCCC)(Oc1ccccc1)n1nnc2ccccc21. The second-order valence-corrected chi connectivity index (χ2v) is 29.4. The van der Waals surface area contributed by atoms with Crippen molar-refractivity contribution >= 4 is 38.2 Å². The van der Waals surface area contributed by atoms with Crippen molar-refractivity contribution in [2.24, 2.45) is 0 Å². The van der Waals surface area contributed by atoms with Crippen LogP contribution in [0.5, 0.6) is 11.5 Å². The fourth-order valence-corrected chi connectivity index (χ4v) is 15.8. The monoisotopic (exact) mass is 899 g/mol. The Morgan fingerprint density at radius 1 is 0.438 bits per heavy atom. The maximum absolute atomic E-state index is 7.44. The summed E-state index contributed by atoms with van der Waals surface area (Å²) >= 11 is 0. The number of aromatic nitrogens is 6. The van der Waals surface area contributed by atoms with E-state index >= 15 is 0 Å². The van der Waals surface area contributed by atoms with Gasteiger partial charge in [-0.05, 0) is 73.5 Å². The molecule has 4 aromatic carbocycles. The Balaban J connectivity index is 1.32. The molecule has 6 rings (SSSR count). The maximum atomic E-state index is 7.44. The highest BCUT2D eigenvalue weighted by molar-refractivity contribution is 6.80. The Labute approximate surface area is 387 Å². The van der Waals surface area contributed by atoms with Gasteiger partial charge in [-0.25, -0.2) is 9.36 Å². The van der Waals surface area contributed by atoms with Gasteiger partial charge >= 0.3 is 0 Å². The van der Waals surface area contributed by atoms with Crippen LogP contribution in [0.1, 0.15) is 129 Å². The predicted octanol–water partition coefficient (Wildman–Crippen LogP) is 15.5. The van der Waals surface area contributed by atoms with Crippen LogP contribution < -0.4 is 9.47 Å². The number of fused-ring (bicyclic) bond motifs is 2.